The largest absolute Gasteiger partial charge is 0.465 e. The molecule has 0 aliphatic carbocycles. The van der Waals surface area contributed by atoms with Crippen LogP contribution in [0.1, 0.15) is 16.1 Å². The van der Waals surface area contributed by atoms with Crippen molar-refractivity contribution in [1.29, 1.82) is 5.26 Å². The van der Waals surface area contributed by atoms with E-state index < -0.39 is 5.97 Å². The number of carbonyl (C=O) groups excluding carboxylic acids is 1. The van der Waals surface area contributed by atoms with Gasteiger partial charge in [0.15, 0.2) is 5.69 Å². The first-order chi connectivity index (χ1) is 5.79. The maximum absolute atomic E-state index is 11.0. The van der Waals surface area contributed by atoms with Crippen molar-refractivity contribution in [1.82, 2.24) is 4.98 Å². The molecule has 0 amide bonds. The standard InChI is InChI=1S/C8H6N2O2/c1-12-8(11)6-3-2-4-10-7(6)5-9/h2-4H,1H3. The van der Waals surface area contributed by atoms with Crippen molar-refractivity contribution in [3.63, 3.8) is 0 Å². The summed E-state index contributed by atoms with van der Waals surface area (Å²) >= 11 is 0. The summed E-state index contributed by atoms with van der Waals surface area (Å²) in [5.41, 5.74) is 0.284. The Balaban J connectivity index is 3.16. The van der Waals surface area contributed by atoms with E-state index in [0.717, 1.165) is 0 Å². The summed E-state index contributed by atoms with van der Waals surface area (Å²) in [6, 6.07) is 4.87. The van der Waals surface area contributed by atoms with Crippen molar-refractivity contribution < 1.29 is 9.53 Å². The molecule has 1 aromatic heterocycles. The SMILES string of the molecule is COC(=O)c1cccnc1C#N. The lowest BCUT2D eigenvalue weighted by Crippen LogP contribution is -2.04. The van der Waals surface area contributed by atoms with Crippen molar-refractivity contribution in [3.05, 3.63) is 29.6 Å². The number of hydrogen-bond donors (Lipinski definition) is 0. The van der Waals surface area contributed by atoms with E-state index in [9.17, 15) is 4.79 Å². The highest BCUT2D eigenvalue weighted by Gasteiger charge is 2.10. The Hall–Kier alpha value is -1.89. The first-order valence-corrected chi connectivity index (χ1v) is 3.23. The summed E-state index contributed by atoms with van der Waals surface area (Å²) in [6.07, 6.45) is 1.45. The van der Waals surface area contributed by atoms with Gasteiger partial charge in [-0.2, -0.15) is 5.26 Å². The van der Waals surface area contributed by atoms with Crippen LogP contribution >= 0.6 is 0 Å². The summed E-state index contributed by atoms with van der Waals surface area (Å²) in [4.78, 5) is 14.7. The number of pyridine rings is 1. The molecule has 0 atom stereocenters. The second-order valence-corrected chi connectivity index (χ2v) is 2.00. The van der Waals surface area contributed by atoms with Crippen LogP contribution in [-0.2, 0) is 4.74 Å². The van der Waals surface area contributed by atoms with Crippen molar-refractivity contribution in [2.45, 2.75) is 0 Å². The highest BCUT2D eigenvalue weighted by molar-refractivity contribution is 5.91. The zero-order valence-electron chi connectivity index (χ0n) is 6.44. The minimum absolute atomic E-state index is 0.0874. The van der Waals surface area contributed by atoms with Gasteiger partial charge in [-0.05, 0) is 12.1 Å². The normalized spacial score (nSPS) is 8.67. The van der Waals surface area contributed by atoms with E-state index in [-0.39, 0.29) is 11.3 Å². The van der Waals surface area contributed by atoms with E-state index in [1.165, 1.54) is 19.4 Å². The number of nitrogens with zero attached hydrogens (tertiary/aromatic N) is 2. The summed E-state index contributed by atoms with van der Waals surface area (Å²) < 4.78 is 4.45. The van der Waals surface area contributed by atoms with Gasteiger partial charge in [0, 0.05) is 6.20 Å². The Bertz CT molecular complexity index is 341. The molecule has 0 bridgehead atoms. The van der Waals surface area contributed by atoms with Crippen LogP contribution in [0.15, 0.2) is 18.3 Å². The minimum atomic E-state index is -0.542. The molecule has 12 heavy (non-hydrogen) atoms. The molecule has 4 heteroatoms. The lowest BCUT2D eigenvalue weighted by molar-refractivity contribution is 0.0600. The lowest BCUT2D eigenvalue weighted by atomic mass is 10.2. The van der Waals surface area contributed by atoms with Gasteiger partial charge in [-0.1, -0.05) is 0 Å². The Morgan fingerprint density at radius 3 is 3.08 bits per heavy atom. The van der Waals surface area contributed by atoms with Crippen LogP contribution in [0.4, 0.5) is 0 Å². The second kappa shape index (κ2) is 3.49. The molecule has 0 aliphatic rings. The van der Waals surface area contributed by atoms with E-state index in [2.05, 4.69) is 9.72 Å². The van der Waals surface area contributed by atoms with Gasteiger partial charge < -0.3 is 4.74 Å². The Labute approximate surface area is 69.4 Å². The van der Waals surface area contributed by atoms with Crippen molar-refractivity contribution in [2.24, 2.45) is 0 Å². The van der Waals surface area contributed by atoms with Gasteiger partial charge in [-0.15, -0.1) is 0 Å². The van der Waals surface area contributed by atoms with Crippen LogP contribution in [-0.4, -0.2) is 18.1 Å². The fourth-order valence-corrected chi connectivity index (χ4v) is 0.769. The average Bonchev–Trinajstić information content (AvgIpc) is 2.16. The highest BCUT2D eigenvalue weighted by Crippen LogP contribution is 2.04. The maximum Gasteiger partial charge on any atom is 0.340 e. The van der Waals surface area contributed by atoms with E-state index >= 15 is 0 Å². The molecule has 0 aromatic carbocycles. The molecule has 0 N–H and O–H groups in total. The Kier molecular flexibility index (Phi) is 2.38. The van der Waals surface area contributed by atoms with Gasteiger partial charge in [-0.25, -0.2) is 9.78 Å². The predicted molar refractivity (Wildman–Crippen MR) is 40.3 cm³/mol. The predicted octanol–water partition coefficient (Wildman–Crippen LogP) is 0.740. The summed E-state index contributed by atoms with van der Waals surface area (Å²) in [5.74, 6) is -0.542. The Morgan fingerprint density at radius 1 is 1.75 bits per heavy atom. The average molecular weight is 162 g/mol. The fourth-order valence-electron chi connectivity index (χ4n) is 0.769. The van der Waals surface area contributed by atoms with Gasteiger partial charge in [0.1, 0.15) is 6.07 Å². The highest BCUT2D eigenvalue weighted by atomic mass is 16.5. The zero-order valence-corrected chi connectivity index (χ0v) is 6.44. The molecule has 60 valence electrons. The molecule has 0 fully saturated rings. The minimum Gasteiger partial charge on any atom is -0.465 e. The third kappa shape index (κ3) is 1.40. The maximum atomic E-state index is 11.0. The molecule has 0 saturated heterocycles. The molecule has 0 spiro atoms. The Morgan fingerprint density at radius 2 is 2.50 bits per heavy atom. The van der Waals surface area contributed by atoms with Crippen LogP contribution in [0.3, 0.4) is 0 Å². The molecule has 0 unspecified atom stereocenters. The number of nitriles is 1. The van der Waals surface area contributed by atoms with Gasteiger partial charge >= 0.3 is 5.97 Å². The summed E-state index contributed by atoms with van der Waals surface area (Å²) in [5, 5.41) is 8.54. The fraction of sp³-hybridized carbons (Fsp3) is 0.125. The van der Waals surface area contributed by atoms with Crippen molar-refractivity contribution >= 4 is 5.97 Å². The number of aromatic nitrogens is 1. The van der Waals surface area contributed by atoms with Gasteiger partial charge in [0.05, 0.1) is 12.7 Å². The number of carbonyl (C=O) groups is 1. The van der Waals surface area contributed by atoms with Crippen LogP contribution in [0.5, 0.6) is 0 Å². The molecule has 0 saturated carbocycles. The number of ether oxygens (including phenoxy) is 1. The van der Waals surface area contributed by atoms with Crippen LogP contribution < -0.4 is 0 Å². The molecule has 0 radical (unpaired) electrons. The summed E-state index contributed by atoms with van der Waals surface area (Å²) in [6.45, 7) is 0. The van der Waals surface area contributed by atoms with Crippen molar-refractivity contribution in [2.75, 3.05) is 7.11 Å². The van der Waals surface area contributed by atoms with Crippen LogP contribution in [0, 0.1) is 11.3 Å². The lowest BCUT2D eigenvalue weighted by Gasteiger charge is -1.98. The first-order valence-electron chi connectivity index (χ1n) is 3.23. The number of rotatable bonds is 1. The molecular weight excluding hydrogens is 156 g/mol. The van der Waals surface area contributed by atoms with E-state index in [0.29, 0.717) is 0 Å². The second-order valence-electron chi connectivity index (χ2n) is 2.00. The molecule has 1 heterocycles. The van der Waals surface area contributed by atoms with E-state index in [1.54, 1.807) is 12.1 Å². The molecule has 4 nitrogen and oxygen atoms in total. The van der Waals surface area contributed by atoms with Gasteiger partial charge in [0.25, 0.3) is 0 Å². The smallest absolute Gasteiger partial charge is 0.340 e. The van der Waals surface area contributed by atoms with E-state index in [1.807, 2.05) is 0 Å². The summed E-state index contributed by atoms with van der Waals surface area (Å²) in [7, 11) is 1.26. The van der Waals surface area contributed by atoms with Gasteiger partial charge in [0.2, 0.25) is 0 Å². The topological polar surface area (TPSA) is 63.0 Å². The molecule has 1 rings (SSSR count). The molecular formula is C8H6N2O2. The number of hydrogen-bond acceptors (Lipinski definition) is 4. The molecule has 1 aromatic rings. The van der Waals surface area contributed by atoms with Crippen LogP contribution in [0.2, 0.25) is 0 Å². The first kappa shape index (κ1) is 8.21. The third-order valence-corrected chi connectivity index (χ3v) is 1.32. The van der Waals surface area contributed by atoms with Crippen molar-refractivity contribution in [3.8, 4) is 6.07 Å². The number of methoxy groups -OCH3 is 1. The monoisotopic (exact) mass is 162 g/mol. The van der Waals surface area contributed by atoms with Crippen LogP contribution in [0.25, 0.3) is 0 Å². The third-order valence-electron chi connectivity index (χ3n) is 1.32. The number of esters is 1. The molecule has 0 aliphatic heterocycles. The zero-order chi connectivity index (χ0) is 8.97. The van der Waals surface area contributed by atoms with Gasteiger partial charge in [-0.3, -0.25) is 0 Å². The quantitative estimate of drug-likeness (QED) is 0.571. The van der Waals surface area contributed by atoms with E-state index in [4.69, 9.17) is 5.26 Å².